The van der Waals surface area contributed by atoms with Gasteiger partial charge in [0.1, 0.15) is 0 Å². The zero-order chi connectivity index (χ0) is 12.1. The molecule has 1 aliphatic rings. The van der Waals surface area contributed by atoms with Crippen molar-refractivity contribution >= 4 is 11.6 Å². The lowest BCUT2D eigenvalue weighted by atomic mass is 10.1. The van der Waals surface area contributed by atoms with Gasteiger partial charge < -0.3 is 5.32 Å². The maximum Gasteiger partial charge on any atom is 0.0408 e. The summed E-state index contributed by atoms with van der Waals surface area (Å²) in [5, 5.41) is 4.29. The first-order chi connectivity index (χ1) is 8.25. The first-order valence-corrected chi connectivity index (χ1v) is 6.83. The van der Waals surface area contributed by atoms with Crippen LogP contribution >= 0.6 is 11.6 Å². The molecule has 1 aromatic carbocycles. The summed E-state index contributed by atoms with van der Waals surface area (Å²) in [6, 6.07) is 8.88. The van der Waals surface area contributed by atoms with Gasteiger partial charge in [-0.05, 0) is 44.0 Å². The molecule has 17 heavy (non-hydrogen) atoms. The second-order valence-corrected chi connectivity index (χ2v) is 5.24. The molecule has 0 saturated carbocycles. The lowest BCUT2D eigenvalue weighted by molar-refractivity contribution is 0.223. The SMILES string of the molecule is CC1CCNCCN1CCc1cccc(Cl)c1. The van der Waals surface area contributed by atoms with Crippen molar-refractivity contribution in [2.24, 2.45) is 0 Å². The molecule has 0 radical (unpaired) electrons. The number of hydrogen-bond acceptors (Lipinski definition) is 2. The molecule has 94 valence electrons. The van der Waals surface area contributed by atoms with Crippen molar-refractivity contribution in [2.75, 3.05) is 26.2 Å². The first kappa shape index (κ1) is 12.9. The lowest BCUT2D eigenvalue weighted by Crippen LogP contribution is -2.35. The third-order valence-corrected chi connectivity index (χ3v) is 3.75. The molecule has 0 bridgehead atoms. The van der Waals surface area contributed by atoms with Crippen molar-refractivity contribution in [1.29, 1.82) is 0 Å². The largest absolute Gasteiger partial charge is 0.315 e. The number of nitrogens with zero attached hydrogens (tertiary/aromatic N) is 1. The van der Waals surface area contributed by atoms with E-state index in [0.717, 1.165) is 37.6 Å². The van der Waals surface area contributed by atoms with Gasteiger partial charge in [0.15, 0.2) is 0 Å². The molecule has 0 aliphatic carbocycles. The standard InChI is InChI=1S/C14H21ClN2/c1-12-5-7-16-8-10-17(12)9-6-13-3-2-4-14(15)11-13/h2-4,11-12,16H,5-10H2,1H3. The Hall–Kier alpha value is -0.570. The fraction of sp³-hybridized carbons (Fsp3) is 0.571. The van der Waals surface area contributed by atoms with Crippen molar-refractivity contribution in [2.45, 2.75) is 25.8 Å². The molecule has 0 aromatic heterocycles. The fourth-order valence-electron chi connectivity index (χ4n) is 2.36. The monoisotopic (exact) mass is 252 g/mol. The molecule has 1 N–H and O–H groups in total. The molecule has 2 nitrogen and oxygen atoms in total. The summed E-state index contributed by atoms with van der Waals surface area (Å²) in [5.41, 5.74) is 1.34. The van der Waals surface area contributed by atoms with E-state index in [9.17, 15) is 0 Å². The minimum absolute atomic E-state index is 0.684. The summed E-state index contributed by atoms with van der Waals surface area (Å²) in [7, 11) is 0. The van der Waals surface area contributed by atoms with Gasteiger partial charge in [-0.1, -0.05) is 23.7 Å². The van der Waals surface area contributed by atoms with Crippen molar-refractivity contribution in [3.63, 3.8) is 0 Å². The third kappa shape index (κ3) is 3.98. The zero-order valence-electron chi connectivity index (χ0n) is 10.5. The zero-order valence-corrected chi connectivity index (χ0v) is 11.2. The van der Waals surface area contributed by atoms with Crippen LogP contribution in [0.25, 0.3) is 0 Å². The van der Waals surface area contributed by atoms with E-state index in [1.54, 1.807) is 0 Å². The highest BCUT2D eigenvalue weighted by atomic mass is 35.5. The molecule has 1 fully saturated rings. The maximum absolute atomic E-state index is 6.00. The van der Waals surface area contributed by atoms with E-state index >= 15 is 0 Å². The van der Waals surface area contributed by atoms with Crippen LogP contribution < -0.4 is 5.32 Å². The summed E-state index contributed by atoms with van der Waals surface area (Å²) >= 11 is 6.00. The Balaban J connectivity index is 1.88. The van der Waals surface area contributed by atoms with Crippen LogP contribution in [-0.2, 0) is 6.42 Å². The molecular weight excluding hydrogens is 232 g/mol. The van der Waals surface area contributed by atoms with E-state index in [-0.39, 0.29) is 0 Å². The van der Waals surface area contributed by atoms with E-state index in [4.69, 9.17) is 11.6 Å². The Labute approximate surface area is 109 Å². The normalized spacial score (nSPS) is 22.4. The molecule has 1 heterocycles. The van der Waals surface area contributed by atoms with Gasteiger partial charge in [-0.25, -0.2) is 0 Å². The fourth-order valence-corrected chi connectivity index (χ4v) is 2.57. The summed E-state index contributed by atoms with van der Waals surface area (Å²) in [5.74, 6) is 0. The number of nitrogens with one attached hydrogen (secondary N) is 1. The summed E-state index contributed by atoms with van der Waals surface area (Å²) in [4.78, 5) is 2.57. The molecule has 0 spiro atoms. The summed E-state index contributed by atoms with van der Waals surface area (Å²) < 4.78 is 0. The van der Waals surface area contributed by atoms with Crippen LogP contribution in [0, 0.1) is 0 Å². The Morgan fingerprint density at radius 2 is 2.29 bits per heavy atom. The van der Waals surface area contributed by atoms with Crippen LogP contribution in [0.1, 0.15) is 18.9 Å². The van der Waals surface area contributed by atoms with Crippen molar-refractivity contribution in [3.8, 4) is 0 Å². The Morgan fingerprint density at radius 3 is 3.12 bits per heavy atom. The van der Waals surface area contributed by atoms with Crippen LogP contribution in [0.3, 0.4) is 0 Å². The predicted molar refractivity (Wildman–Crippen MR) is 73.7 cm³/mol. The second kappa shape index (κ2) is 6.39. The Kier molecular flexibility index (Phi) is 4.84. The number of benzene rings is 1. The van der Waals surface area contributed by atoms with Crippen LogP contribution in [0.5, 0.6) is 0 Å². The van der Waals surface area contributed by atoms with E-state index < -0.39 is 0 Å². The molecule has 1 atom stereocenters. The van der Waals surface area contributed by atoms with Crippen molar-refractivity contribution in [3.05, 3.63) is 34.9 Å². The van der Waals surface area contributed by atoms with Crippen LogP contribution in [0.2, 0.25) is 5.02 Å². The lowest BCUT2D eigenvalue weighted by Gasteiger charge is -2.26. The molecular formula is C14H21ClN2. The van der Waals surface area contributed by atoms with Gasteiger partial charge >= 0.3 is 0 Å². The maximum atomic E-state index is 6.00. The highest BCUT2D eigenvalue weighted by molar-refractivity contribution is 6.30. The van der Waals surface area contributed by atoms with E-state index in [1.807, 2.05) is 12.1 Å². The van der Waals surface area contributed by atoms with Crippen LogP contribution in [0.15, 0.2) is 24.3 Å². The van der Waals surface area contributed by atoms with E-state index in [0.29, 0.717) is 6.04 Å². The number of hydrogen-bond donors (Lipinski definition) is 1. The highest BCUT2D eigenvalue weighted by Crippen LogP contribution is 2.13. The molecule has 1 saturated heterocycles. The smallest absolute Gasteiger partial charge is 0.0408 e. The molecule has 1 unspecified atom stereocenters. The minimum Gasteiger partial charge on any atom is -0.315 e. The van der Waals surface area contributed by atoms with Crippen molar-refractivity contribution in [1.82, 2.24) is 10.2 Å². The van der Waals surface area contributed by atoms with Gasteiger partial charge in [-0.3, -0.25) is 4.90 Å². The average Bonchev–Trinajstić information content (AvgIpc) is 2.52. The van der Waals surface area contributed by atoms with Crippen LogP contribution in [-0.4, -0.2) is 37.1 Å². The van der Waals surface area contributed by atoms with Gasteiger partial charge in [0.05, 0.1) is 0 Å². The Bertz CT molecular complexity index is 354. The topological polar surface area (TPSA) is 15.3 Å². The van der Waals surface area contributed by atoms with Gasteiger partial charge in [-0.2, -0.15) is 0 Å². The number of rotatable bonds is 3. The van der Waals surface area contributed by atoms with Gasteiger partial charge in [0, 0.05) is 30.7 Å². The third-order valence-electron chi connectivity index (χ3n) is 3.51. The summed E-state index contributed by atoms with van der Waals surface area (Å²) in [6.07, 6.45) is 2.33. The molecule has 1 aromatic rings. The van der Waals surface area contributed by atoms with Gasteiger partial charge in [-0.15, -0.1) is 0 Å². The first-order valence-electron chi connectivity index (χ1n) is 6.45. The quantitative estimate of drug-likeness (QED) is 0.890. The predicted octanol–water partition coefficient (Wildman–Crippen LogP) is 2.57. The average molecular weight is 253 g/mol. The summed E-state index contributed by atoms with van der Waals surface area (Å²) in [6.45, 7) is 6.87. The second-order valence-electron chi connectivity index (χ2n) is 4.80. The number of halogens is 1. The van der Waals surface area contributed by atoms with Crippen LogP contribution in [0.4, 0.5) is 0 Å². The van der Waals surface area contributed by atoms with E-state index in [2.05, 4.69) is 29.3 Å². The van der Waals surface area contributed by atoms with Gasteiger partial charge in [0.2, 0.25) is 0 Å². The molecule has 2 rings (SSSR count). The Morgan fingerprint density at radius 1 is 1.41 bits per heavy atom. The molecule has 1 aliphatic heterocycles. The molecule has 3 heteroatoms. The van der Waals surface area contributed by atoms with Crippen molar-refractivity contribution < 1.29 is 0 Å². The van der Waals surface area contributed by atoms with Gasteiger partial charge in [0.25, 0.3) is 0 Å². The molecule has 0 amide bonds. The minimum atomic E-state index is 0.684. The highest BCUT2D eigenvalue weighted by Gasteiger charge is 2.15. The van der Waals surface area contributed by atoms with E-state index in [1.165, 1.54) is 12.0 Å².